The van der Waals surface area contributed by atoms with Gasteiger partial charge in [0, 0.05) is 17.2 Å². The molecule has 6 nitrogen and oxygen atoms in total. The molecule has 32 heavy (non-hydrogen) atoms. The van der Waals surface area contributed by atoms with E-state index in [9.17, 15) is 15.0 Å². The Hall–Kier alpha value is -3.26. The number of aliphatic imine (C=N–C) groups is 1. The molecule has 1 aromatic heterocycles. The number of halogens is 1. The number of anilines is 2. The average Bonchev–Trinajstić information content (AvgIpc) is 3.21. The molecular weight excluding hydrogens is 446 g/mol. The topological polar surface area (TPSA) is 94.8 Å². The summed E-state index contributed by atoms with van der Waals surface area (Å²) in [4.78, 5) is 15.4. The average molecular weight is 466 g/mol. The van der Waals surface area contributed by atoms with Crippen LogP contribution in [0, 0.1) is 0 Å². The molecule has 8 heteroatoms. The van der Waals surface area contributed by atoms with Crippen molar-refractivity contribution in [3.8, 4) is 11.1 Å². The third-order valence-electron chi connectivity index (χ3n) is 5.10. The highest BCUT2D eigenvalue weighted by atomic mass is 35.5. The molecule has 1 heterocycles. The van der Waals surface area contributed by atoms with Gasteiger partial charge in [-0.3, -0.25) is 4.99 Å². The lowest BCUT2D eigenvalue weighted by atomic mass is 10.0. The van der Waals surface area contributed by atoms with E-state index in [4.69, 9.17) is 11.6 Å². The van der Waals surface area contributed by atoms with Crippen molar-refractivity contribution in [2.45, 2.75) is 12.5 Å². The minimum Gasteiger partial charge on any atom is -0.479 e. The smallest absolute Gasteiger partial charge is 0.333 e. The summed E-state index contributed by atoms with van der Waals surface area (Å²) in [6.07, 6.45) is 1.45. The van der Waals surface area contributed by atoms with E-state index in [1.165, 1.54) is 24.7 Å². The largest absolute Gasteiger partial charge is 0.479 e. The zero-order valence-corrected chi connectivity index (χ0v) is 18.7. The first-order chi connectivity index (χ1) is 15.4. The first-order valence-corrected chi connectivity index (χ1v) is 11.0. The number of hydrogen-bond donors (Lipinski definition) is 3. The number of hydrogen-bond acceptors (Lipinski definition) is 6. The van der Waals surface area contributed by atoms with E-state index in [1.54, 1.807) is 0 Å². The van der Waals surface area contributed by atoms with Gasteiger partial charge in [-0.05, 0) is 47.8 Å². The Morgan fingerprint density at radius 2 is 1.97 bits per heavy atom. The molecule has 0 amide bonds. The molecule has 0 saturated heterocycles. The second-order valence-corrected chi connectivity index (χ2v) is 8.62. The molecule has 0 spiro atoms. The van der Waals surface area contributed by atoms with Crippen molar-refractivity contribution < 1.29 is 15.0 Å². The Morgan fingerprint density at radius 3 is 2.69 bits per heavy atom. The fraction of sp³-hybridized carbons (Fsp3) is 0.125. The number of aliphatic hydroxyl groups excluding tert-OH is 1. The Morgan fingerprint density at radius 1 is 1.19 bits per heavy atom. The van der Waals surface area contributed by atoms with Gasteiger partial charge in [-0.15, -0.1) is 0 Å². The number of nitrogens with one attached hydrogen (secondary N) is 1. The van der Waals surface area contributed by atoms with Gasteiger partial charge < -0.3 is 15.5 Å². The highest BCUT2D eigenvalue weighted by molar-refractivity contribution is 7.13. The summed E-state index contributed by atoms with van der Waals surface area (Å²) >= 11 is 8.05. The maximum Gasteiger partial charge on any atom is 0.333 e. The van der Waals surface area contributed by atoms with Crippen molar-refractivity contribution >= 4 is 56.9 Å². The van der Waals surface area contributed by atoms with Crippen molar-refractivity contribution in [1.29, 1.82) is 0 Å². The van der Waals surface area contributed by atoms with Gasteiger partial charge in [-0.2, -0.15) is 4.37 Å². The van der Waals surface area contributed by atoms with Crippen LogP contribution in [0.15, 0.2) is 71.7 Å². The van der Waals surface area contributed by atoms with Crippen LogP contribution < -0.4 is 5.32 Å². The molecule has 3 N–H and O–H groups in total. The van der Waals surface area contributed by atoms with Crippen LogP contribution in [-0.4, -0.2) is 38.9 Å². The van der Waals surface area contributed by atoms with E-state index in [-0.39, 0.29) is 0 Å². The predicted molar refractivity (Wildman–Crippen MR) is 131 cm³/mol. The second-order valence-electron chi connectivity index (χ2n) is 7.44. The molecule has 0 aliphatic rings. The van der Waals surface area contributed by atoms with Crippen molar-refractivity contribution in [2.24, 2.45) is 4.99 Å². The molecular formula is C24H20ClN3O3S. The summed E-state index contributed by atoms with van der Waals surface area (Å²) in [5.41, 5.74) is 1.78. The van der Waals surface area contributed by atoms with E-state index in [0.717, 1.165) is 26.9 Å². The first-order valence-electron chi connectivity index (χ1n) is 9.81. The molecule has 0 saturated carbocycles. The van der Waals surface area contributed by atoms with E-state index in [0.29, 0.717) is 16.4 Å². The molecule has 1 unspecified atom stereocenters. The Kier molecular flexibility index (Phi) is 6.23. The van der Waals surface area contributed by atoms with Gasteiger partial charge in [0.25, 0.3) is 0 Å². The van der Waals surface area contributed by atoms with Crippen LogP contribution in [0.2, 0.25) is 5.02 Å². The summed E-state index contributed by atoms with van der Waals surface area (Å²) in [5, 5.41) is 23.4. The fourth-order valence-corrected chi connectivity index (χ4v) is 4.10. The zero-order valence-electron chi connectivity index (χ0n) is 17.1. The van der Waals surface area contributed by atoms with Crippen molar-refractivity contribution in [1.82, 2.24) is 4.37 Å². The lowest BCUT2D eigenvalue weighted by molar-refractivity contribution is -0.143. The number of benzene rings is 3. The molecule has 3 aromatic carbocycles. The van der Waals surface area contributed by atoms with Crippen LogP contribution in [-0.2, 0) is 4.79 Å². The van der Waals surface area contributed by atoms with Gasteiger partial charge in [-0.25, -0.2) is 4.79 Å². The van der Waals surface area contributed by atoms with Crippen LogP contribution in [0.1, 0.15) is 12.5 Å². The normalized spacial score (nSPS) is 13.3. The maximum atomic E-state index is 11.4. The monoisotopic (exact) mass is 465 g/mol. The molecule has 0 aliphatic carbocycles. The minimum absolute atomic E-state index is 0.593. The summed E-state index contributed by atoms with van der Waals surface area (Å²) < 4.78 is 5.48. The summed E-state index contributed by atoms with van der Waals surface area (Å²) in [7, 11) is 0. The third kappa shape index (κ3) is 4.36. The number of aliphatic hydroxyl groups is 1. The minimum atomic E-state index is -1.59. The Balaban J connectivity index is 1.67. The Bertz CT molecular complexity index is 1310. The molecule has 4 aromatic rings. The number of carbonyl (C=O) groups is 1. The number of carboxylic acid groups (broad SMARTS) is 1. The molecule has 0 aliphatic heterocycles. The van der Waals surface area contributed by atoms with Crippen LogP contribution in [0.3, 0.4) is 0 Å². The summed E-state index contributed by atoms with van der Waals surface area (Å²) in [5.74, 6) is -0.541. The molecule has 162 valence electrons. The first kappa shape index (κ1) is 22.0. The van der Waals surface area contributed by atoms with Gasteiger partial charge in [0.05, 0.1) is 22.0 Å². The van der Waals surface area contributed by atoms with Crippen LogP contribution >= 0.6 is 23.1 Å². The summed E-state index contributed by atoms with van der Waals surface area (Å²) in [6, 6.07) is 21.3. The number of aromatic nitrogens is 1. The second kappa shape index (κ2) is 9.08. The number of aliphatic carboxylic acids is 1. The van der Waals surface area contributed by atoms with Gasteiger partial charge in [0.1, 0.15) is 0 Å². The number of fused-ring (bicyclic) bond motifs is 1. The molecule has 1 atom stereocenters. The SMILES string of the molecule is CC(CO)(N=Cc1ccc2snc(Nc3cccc(-c4ccccc4)c3Cl)c2c1)C(=O)O. The number of carboxylic acids is 1. The van der Waals surface area contributed by atoms with E-state index >= 15 is 0 Å². The van der Waals surface area contributed by atoms with Crippen LogP contribution in [0.25, 0.3) is 21.2 Å². The van der Waals surface area contributed by atoms with Crippen LogP contribution in [0.5, 0.6) is 0 Å². The van der Waals surface area contributed by atoms with Gasteiger partial charge in [0.2, 0.25) is 0 Å². The van der Waals surface area contributed by atoms with E-state index in [1.807, 2.05) is 66.7 Å². The maximum absolute atomic E-state index is 11.4. The number of rotatable bonds is 7. The third-order valence-corrected chi connectivity index (χ3v) is 6.33. The predicted octanol–water partition coefficient (Wildman–Crippen LogP) is 5.61. The van der Waals surface area contributed by atoms with Gasteiger partial charge in [-0.1, -0.05) is 60.1 Å². The fourth-order valence-electron chi connectivity index (χ4n) is 3.10. The Labute approximate surface area is 194 Å². The summed E-state index contributed by atoms with van der Waals surface area (Å²) in [6.45, 7) is 0.773. The van der Waals surface area contributed by atoms with E-state index < -0.39 is 18.1 Å². The highest BCUT2D eigenvalue weighted by Gasteiger charge is 2.30. The van der Waals surface area contributed by atoms with Gasteiger partial charge in [0.15, 0.2) is 11.4 Å². The molecule has 0 fully saturated rings. The number of nitrogens with zero attached hydrogens (tertiary/aromatic N) is 2. The standard InChI is InChI=1S/C24H20ClN3O3S/c1-24(14-29,23(30)31)26-13-15-10-11-20-18(12-15)22(28-32-20)27-19-9-5-8-17(21(19)25)16-6-3-2-4-7-16/h2-13,29H,14H2,1H3,(H,27,28)(H,30,31). The lowest BCUT2D eigenvalue weighted by Gasteiger charge is -2.16. The highest BCUT2D eigenvalue weighted by Crippen LogP contribution is 2.37. The molecule has 0 radical (unpaired) electrons. The quantitative estimate of drug-likeness (QED) is 0.308. The van der Waals surface area contributed by atoms with Gasteiger partial charge >= 0.3 is 5.97 Å². The molecule has 0 bridgehead atoms. The molecule has 4 rings (SSSR count). The zero-order chi connectivity index (χ0) is 22.7. The van der Waals surface area contributed by atoms with Crippen molar-refractivity contribution in [2.75, 3.05) is 11.9 Å². The lowest BCUT2D eigenvalue weighted by Crippen LogP contribution is -2.37. The van der Waals surface area contributed by atoms with E-state index in [2.05, 4.69) is 14.7 Å². The van der Waals surface area contributed by atoms with Crippen molar-refractivity contribution in [3.05, 3.63) is 77.3 Å². The van der Waals surface area contributed by atoms with Crippen molar-refractivity contribution in [3.63, 3.8) is 0 Å². The van der Waals surface area contributed by atoms with Crippen LogP contribution in [0.4, 0.5) is 11.5 Å².